The third-order valence-electron chi connectivity index (χ3n) is 7.81. The molecule has 2 aromatic heterocycles. The molecule has 0 radical (unpaired) electrons. The van der Waals surface area contributed by atoms with Crippen LogP contribution in [0.1, 0.15) is 33.1 Å². The molecule has 42 heavy (non-hydrogen) atoms. The highest BCUT2D eigenvalue weighted by atomic mass is 32.2. The second-order valence-electron chi connectivity index (χ2n) is 10.7. The van der Waals surface area contributed by atoms with E-state index in [0.29, 0.717) is 47.4 Å². The van der Waals surface area contributed by atoms with Crippen molar-refractivity contribution in [1.29, 1.82) is 0 Å². The summed E-state index contributed by atoms with van der Waals surface area (Å²) >= 11 is 0. The maximum atomic E-state index is 14.6. The van der Waals surface area contributed by atoms with Crippen LogP contribution in [0.25, 0.3) is 22.2 Å². The van der Waals surface area contributed by atoms with Gasteiger partial charge in [-0.2, -0.15) is 0 Å². The third kappa shape index (κ3) is 4.78. The zero-order chi connectivity index (χ0) is 29.9. The lowest BCUT2D eigenvalue weighted by molar-refractivity contribution is 0.439. The summed E-state index contributed by atoms with van der Waals surface area (Å²) < 4.78 is 89.8. The lowest BCUT2D eigenvalue weighted by atomic mass is 9.94. The van der Waals surface area contributed by atoms with Crippen LogP contribution in [0.2, 0.25) is 0 Å². The van der Waals surface area contributed by atoms with Crippen LogP contribution in [-0.4, -0.2) is 35.8 Å². The zero-order valence-electron chi connectivity index (χ0n) is 22.7. The number of benzene rings is 2. The fourth-order valence-corrected chi connectivity index (χ4v) is 8.20. The molecule has 218 valence electrons. The van der Waals surface area contributed by atoms with E-state index in [9.17, 15) is 25.6 Å². The first-order chi connectivity index (χ1) is 19.9. The second kappa shape index (κ2) is 10.1. The van der Waals surface area contributed by atoms with Crippen LogP contribution in [0.15, 0.2) is 84.7 Å². The minimum absolute atomic E-state index is 0.140. The number of halogens is 2. The number of allylic oxidation sites excluding steroid dienone is 3. The molecule has 0 amide bonds. The number of ether oxygens (including phenoxy) is 1. The Hall–Kier alpha value is -4.03. The topological polar surface area (TPSA) is 107 Å². The number of nitrogens with one attached hydrogen (secondary N) is 1. The van der Waals surface area contributed by atoms with Crippen LogP contribution in [0, 0.1) is 11.6 Å². The third-order valence-corrected chi connectivity index (χ3v) is 12.1. The number of aromatic nitrogens is 2. The molecular formula is C30H27F2N3O5S2. The predicted octanol–water partition coefficient (Wildman–Crippen LogP) is 6.52. The average Bonchev–Trinajstić information content (AvgIpc) is 3.72. The lowest BCUT2D eigenvalue weighted by Crippen LogP contribution is -2.40. The summed E-state index contributed by atoms with van der Waals surface area (Å²) in [6, 6.07) is 10.7. The van der Waals surface area contributed by atoms with Crippen LogP contribution in [0.3, 0.4) is 0 Å². The minimum atomic E-state index is -3.97. The van der Waals surface area contributed by atoms with Gasteiger partial charge in [0.05, 0.1) is 5.25 Å². The molecule has 0 spiro atoms. The number of hydrogen-bond donors (Lipinski definition) is 1. The van der Waals surface area contributed by atoms with E-state index in [-0.39, 0.29) is 22.8 Å². The van der Waals surface area contributed by atoms with Gasteiger partial charge in [0.2, 0.25) is 20.0 Å². The molecule has 1 atom stereocenters. The van der Waals surface area contributed by atoms with Crippen molar-refractivity contribution in [3.05, 3.63) is 96.4 Å². The average molecular weight is 612 g/mol. The number of anilines is 1. The van der Waals surface area contributed by atoms with E-state index in [4.69, 9.17) is 4.74 Å². The molecule has 12 heteroatoms. The van der Waals surface area contributed by atoms with Gasteiger partial charge in [0.25, 0.3) is 0 Å². The van der Waals surface area contributed by atoms with Gasteiger partial charge in [-0.1, -0.05) is 23.8 Å². The Bertz CT molecular complexity index is 2020. The molecule has 2 heterocycles. The molecule has 8 nitrogen and oxygen atoms in total. The Morgan fingerprint density at radius 2 is 1.76 bits per heavy atom. The van der Waals surface area contributed by atoms with Gasteiger partial charge in [-0.05, 0) is 81.1 Å². The van der Waals surface area contributed by atoms with E-state index >= 15 is 0 Å². The first-order valence-corrected chi connectivity index (χ1v) is 16.2. The molecule has 1 N–H and O–H groups in total. The van der Waals surface area contributed by atoms with E-state index < -0.39 is 41.7 Å². The largest absolute Gasteiger partial charge is 0.454 e. The summed E-state index contributed by atoms with van der Waals surface area (Å²) in [5.74, 6) is -1.79. The van der Waals surface area contributed by atoms with Gasteiger partial charge < -0.3 is 4.74 Å². The molecule has 2 aliphatic carbocycles. The molecule has 0 saturated heterocycles. The molecular weight excluding hydrogens is 584 g/mol. The highest BCUT2D eigenvalue weighted by Crippen LogP contribution is 2.42. The standard InChI is InChI=1S/C30H27F2N3O5S2/c1-19-5-3-4-14-30(19,2)42(38,39)35-16-13-24-23(12-15-33-29(24)35)25-18-21(34-41(36,37)22-8-9-22)7-11-27(25)40-28-10-6-20(31)17-26(28)32/h3-7,10-13,15-18,22,34H,8-9,14H2,1-2H3. The second-order valence-corrected chi connectivity index (χ2v) is 14.9. The Morgan fingerprint density at radius 3 is 2.48 bits per heavy atom. The first-order valence-electron chi connectivity index (χ1n) is 13.2. The highest BCUT2D eigenvalue weighted by Gasteiger charge is 2.43. The number of rotatable bonds is 8. The lowest BCUT2D eigenvalue weighted by Gasteiger charge is -2.31. The summed E-state index contributed by atoms with van der Waals surface area (Å²) in [4.78, 5) is 4.39. The molecule has 1 saturated carbocycles. The summed E-state index contributed by atoms with van der Waals surface area (Å²) in [6.45, 7) is 3.45. The number of pyridine rings is 1. The van der Waals surface area contributed by atoms with Crippen molar-refractivity contribution in [1.82, 2.24) is 8.96 Å². The van der Waals surface area contributed by atoms with Crippen molar-refractivity contribution in [3.63, 3.8) is 0 Å². The fourth-order valence-electron chi connectivity index (χ4n) is 5.01. The molecule has 2 aliphatic rings. The predicted molar refractivity (Wildman–Crippen MR) is 157 cm³/mol. The normalized spacial score (nSPS) is 19.1. The Balaban J connectivity index is 1.50. The van der Waals surface area contributed by atoms with Crippen LogP contribution in [-0.2, 0) is 20.0 Å². The molecule has 0 aliphatic heterocycles. The Labute approximate surface area is 242 Å². The van der Waals surface area contributed by atoms with Crippen LogP contribution < -0.4 is 9.46 Å². The van der Waals surface area contributed by atoms with Crippen molar-refractivity contribution in [3.8, 4) is 22.6 Å². The number of fused-ring (bicyclic) bond motifs is 1. The van der Waals surface area contributed by atoms with Crippen LogP contribution in [0.4, 0.5) is 14.5 Å². The maximum absolute atomic E-state index is 14.6. The summed E-state index contributed by atoms with van der Waals surface area (Å²) in [7, 11) is -7.57. The van der Waals surface area contributed by atoms with Gasteiger partial charge >= 0.3 is 0 Å². The van der Waals surface area contributed by atoms with Gasteiger partial charge in [-0.25, -0.2) is 34.6 Å². The van der Waals surface area contributed by atoms with E-state index in [0.717, 1.165) is 16.1 Å². The van der Waals surface area contributed by atoms with E-state index in [1.807, 2.05) is 12.2 Å². The molecule has 0 bridgehead atoms. The van der Waals surface area contributed by atoms with Gasteiger partial charge in [0.15, 0.2) is 17.2 Å². The van der Waals surface area contributed by atoms with Gasteiger partial charge in [-0.15, -0.1) is 0 Å². The van der Waals surface area contributed by atoms with Crippen LogP contribution in [0.5, 0.6) is 11.5 Å². The number of sulfonamides is 1. The molecule has 2 aromatic carbocycles. The van der Waals surface area contributed by atoms with E-state index in [1.165, 1.54) is 30.6 Å². The maximum Gasteiger partial charge on any atom is 0.249 e. The van der Waals surface area contributed by atoms with Crippen molar-refractivity contribution in [2.75, 3.05) is 4.72 Å². The Morgan fingerprint density at radius 1 is 1.00 bits per heavy atom. The summed E-state index contributed by atoms with van der Waals surface area (Å²) in [5.41, 5.74) is 1.93. The fraction of sp³-hybridized carbons (Fsp3) is 0.233. The van der Waals surface area contributed by atoms with Gasteiger partial charge in [-0.3, -0.25) is 4.72 Å². The number of hydrogen-bond acceptors (Lipinski definition) is 6. The zero-order valence-corrected chi connectivity index (χ0v) is 24.3. The summed E-state index contributed by atoms with van der Waals surface area (Å²) in [5, 5.41) is -0.0187. The Kier molecular flexibility index (Phi) is 6.73. The van der Waals surface area contributed by atoms with Crippen molar-refractivity contribution < 1.29 is 30.4 Å². The van der Waals surface area contributed by atoms with E-state index in [1.54, 1.807) is 32.1 Å². The van der Waals surface area contributed by atoms with Crippen molar-refractivity contribution in [2.45, 2.75) is 43.1 Å². The van der Waals surface area contributed by atoms with Crippen molar-refractivity contribution in [2.24, 2.45) is 0 Å². The smallest absolute Gasteiger partial charge is 0.249 e. The quantitative estimate of drug-likeness (QED) is 0.243. The molecule has 4 aromatic rings. The number of nitrogens with zero attached hydrogens (tertiary/aromatic N) is 2. The van der Waals surface area contributed by atoms with Crippen LogP contribution >= 0.6 is 0 Å². The van der Waals surface area contributed by atoms with Gasteiger partial charge in [0.1, 0.15) is 16.3 Å². The van der Waals surface area contributed by atoms with Gasteiger partial charge in [0, 0.05) is 35.1 Å². The summed E-state index contributed by atoms with van der Waals surface area (Å²) in [6.07, 6.45) is 9.73. The monoisotopic (exact) mass is 611 g/mol. The molecule has 1 unspecified atom stereocenters. The SMILES string of the molecule is CC1=CC=CCC1(C)S(=O)(=O)n1ccc2c(-c3cc(NS(=O)(=O)C4CC4)ccc3Oc3ccc(F)cc3F)ccnc21. The molecule has 6 rings (SSSR count). The van der Waals surface area contributed by atoms with Crippen molar-refractivity contribution >= 4 is 36.8 Å². The first kappa shape index (κ1) is 28.1. The van der Waals surface area contributed by atoms with E-state index in [2.05, 4.69) is 9.71 Å². The molecule has 1 fully saturated rings. The highest BCUT2D eigenvalue weighted by molar-refractivity contribution is 7.93. The minimum Gasteiger partial charge on any atom is -0.454 e.